The lowest BCUT2D eigenvalue weighted by atomic mass is 9.82. The first kappa shape index (κ1) is 49.6. The van der Waals surface area contributed by atoms with Crippen molar-refractivity contribution in [3.63, 3.8) is 0 Å². The summed E-state index contributed by atoms with van der Waals surface area (Å²) >= 11 is 0. The number of hydrogen-bond donors (Lipinski definition) is 3. The summed E-state index contributed by atoms with van der Waals surface area (Å²) in [5, 5.41) is 34.6. The number of carbonyl (C=O) groups excluding carboxylic acids is 4. The van der Waals surface area contributed by atoms with Crippen LogP contribution in [0.15, 0.2) is 24.3 Å². The highest BCUT2D eigenvalue weighted by Crippen LogP contribution is 2.38. The van der Waals surface area contributed by atoms with Gasteiger partial charge in [-0.25, -0.2) is 0 Å². The summed E-state index contributed by atoms with van der Waals surface area (Å²) < 4.78 is 48.7. The van der Waals surface area contributed by atoms with Crippen molar-refractivity contribution in [2.45, 2.75) is 185 Å². The summed E-state index contributed by atoms with van der Waals surface area (Å²) in [7, 11) is 4.87. The lowest BCUT2D eigenvalue weighted by Gasteiger charge is -2.50. The molecule has 3 aliphatic heterocycles. The molecular weight excluding hydrogens is 758 g/mol. The molecule has 16 atom stereocenters. The van der Waals surface area contributed by atoms with E-state index >= 15 is 0 Å². The van der Waals surface area contributed by atoms with Gasteiger partial charge < -0.3 is 62.9 Å². The third kappa shape index (κ3) is 13.9. The summed E-state index contributed by atoms with van der Waals surface area (Å²) in [6.45, 7) is 12.0. The second-order valence-electron chi connectivity index (χ2n) is 16.3. The van der Waals surface area contributed by atoms with Gasteiger partial charge in [-0.15, -0.1) is 0 Å². The molecule has 0 unspecified atom stereocenters. The van der Waals surface area contributed by atoms with Crippen molar-refractivity contribution in [3.05, 3.63) is 24.3 Å². The maximum atomic E-state index is 13.3. The number of esters is 3. The van der Waals surface area contributed by atoms with Crippen LogP contribution in [-0.4, -0.2) is 151 Å². The van der Waals surface area contributed by atoms with Crippen molar-refractivity contribution < 1.29 is 72.4 Å². The van der Waals surface area contributed by atoms with Crippen molar-refractivity contribution >= 4 is 24.2 Å². The number of nitrogens with zero attached hydrogens (tertiary/aromatic N) is 1. The lowest BCUT2D eigenvalue weighted by molar-refractivity contribution is -0.344. The Morgan fingerprint density at radius 1 is 0.983 bits per heavy atom. The van der Waals surface area contributed by atoms with Gasteiger partial charge in [-0.2, -0.15) is 0 Å². The predicted molar refractivity (Wildman–Crippen MR) is 210 cm³/mol. The Balaban J connectivity index is 2.00. The number of allylic oxidation sites excluding steroid dienone is 2. The largest absolute Gasteiger partial charge is 0.462 e. The van der Waals surface area contributed by atoms with Gasteiger partial charge in [-0.1, -0.05) is 45.1 Å². The number of ether oxygens (including phenoxy) is 8. The van der Waals surface area contributed by atoms with Crippen LogP contribution in [0.3, 0.4) is 0 Å². The summed E-state index contributed by atoms with van der Waals surface area (Å²) in [6.07, 6.45) is -3.41. The van der Waals surface area contributed by atoms with E-state index in [2.05, 4.69) is 0 Å². The lowest BCUT2D eigenvalue weighted by Crippen LogP contribution is -2.66. The SMILES string of the molecule is CCCC(=O)O[C@H]1[C@H](C)O[C@@H](O[C@H]2[C@H](N(C)C)[C@@H](O)[C@H](O[C@H]3[C@@H](CC=O)C[C@@H](C)[C@@H](O)/C=C/C=C\C[C@@H](C)OC(=O)C[C@@H](OC(=O)CC)[C@H]3OC)O[C@@H]2C)C[C@@]1(C)O. The first-order valence-electron chi connectivity index (χ1n) is 20.6. The number of hydrogen-bond acceptors (Lipinski definition) is 16. The minimum atomic E-state index is -1.49. The van der Waals surface area contributed by atoms with Crippen LogP contribution in [-0.2, 0) is 57.1 Å². The van der Waals surface area contributed by atoms with E-state index in [4.69, 9.17) is 37.9 Å². The molecular formula is C42H69NO15. The smallest absolute Gasteiger partial charge is 0.309 e. The van der Waals surface area contributed by atoms with Crippen LogP contribution in [0, 0.1) is 11.8 Å². The van der Waals surface area contributed by atoms with Gasteiger partial charge in [-0.05, 0) is 66.5 Å². The van der Waals surface area contributed by atoms with Gasteiger partial charge >= 0.3 is 17.9 Å². The van der Waals surface area contributed by atoms with Gasteiger partial charge in [-0.3, -0.25) is 14.4 Å². The molecule has 3 rings (SSSR count). The molecule has 2 saturated heterocycles. The molecule has 0 amide bonds. The van der Waals surface area contributed by atoms with Crippen LogP contribution < -0.4 is 0 Å². The molecule has 3 N–H and O–H groups in total. The average molecular weight is 828 g/mol. The van der Waals surface area contributed by atoms with E-state index in [1.54, 1.807) is 71.8 Å². The van der Waals surface area contributed by atoms with Gasteiger partial charge in [0.15, 0.2) is 18.7 Å². The fourth-order valence-electron chi connectivity index (χ4n) is 8.00. The highest BCUT2D eigenvalue weighted by atomic mass is 16.7. The van der Waals surface area contributed by atoms with Gasteiger partial charge in [0.05, 0.1) is 36.9 Å². The third-order valence-electron chi connectivity index (χ3n) is 11.1. The number of rotatable bonds is 13. The number of aliphatic hydroxyl groups is 3. The second kappa shape index (κ2) is 23.3. The van der Waals surface area contributed by atoms with E-state index in [-0.39, 0.29) is 32.1 Å². The fourth-order valence-corrected chi connectivity index (χ4v) is 8.00. The first-order chi connectivity index (χ1) is 27.4. The van der Waals surface area contributed by atoms with E-state index in [0.717, 1.165) is 6.29 Å². The summed E-state index contributed by atoms with van der Waals surface area (Å²) in [5.74, 6) is -2.79. The maximum absolute atomic E-state index is 13.3. The van der Waals surface area contributed by atoms with E-state index in [0.29, 0.717) is 12.8 Å². The summed E-state index contributed by atoms with van der Waals surface area (Å²) in [4.78, 5) is 52.5. The Hall–Kier alpha value is -2.80. The van der Waals surface area contributed by atoms with Crippen LogP contribution in [0.4, 0.5) is 0 Å². The molecule has 0 radical (unpaired) electrons. The number of aliphatic hydroxyl groups excluding tert-OH is 2. The van der Waals surface area contributed by atoms with E-state index in [1.807, 2.05) is 19.9 Å². The van der Waals surface area contributed by atoms with E-state index in [9.17, 15) is 34.5 Å². The number of carbonyl (C=O) groups is 4. The van der Waals surface area contributed by atoms with Crippen LogP contribution in [0.25, 0.3) is 0 Å². The van der Waals surface area contributed by atoms with E-state index in [1.165, 1.54) is 7.11 Å². The Kier molecular flexibility index (Phi) is 19.9. The Morgan fingerprint density at radius 3 is 2.29 bits per heavy atom. The zero-order chi connectivity index (χ0) is 43.3. The molecule has 3 aliphatic rings. The van der Waals surface area contributed by atoms with Crippen molar-refractivity contribution in [1.82, 2.24) is 4.90 Å². The highest BCUT2D eigenvalue weighted by Gasteiger charge is 2.53. The van der Waals surface area contributed by atoms with Crippen molar-refractivity contribution in [3.8, 4) is 0 Å². The minimum absolute atomic E-state index is 0.000517. The molecule has 0 aliphatic carbocycles. The molecule has 16 heteroatoms. The number of cyclic esters (lactones) is 1. The van der Waals surface area contributed by atoms with Crippen LogP contribution in [0.2, 0.25) is 0 Å². The van der Waals surface area contributed by atoms with Crippen molar-refractivity contribution in [2.24, 2.45) is 11.8 Å². The normalized spacial score (nSPS) is 40.6. The van der Waals surface area contributed by atoms with Gasteiger partial charge in [0.1, 0.15) is 42.4 Å². The molecule has 16 nitrogen and oxygen atoms in total. The molecule has 0 aromatic heterocycles. The van der Waals surface area contributed by atoms with Crippen LogP contribution in [0.1, 0.15) is 99.8 Å². The molecule has 332 valence electrons. The molecule has 0 bridgehead atoms. The minimum Gasteiger partial charge on any atom is -0.462 e. The number of methoxy groups -OCH3 is 1. The Morgan fingerprint density at radius 2 is 1.69 bits per heavy atom. The van der Waals surface area contributed by atoms with Crippen molar-refractivity contribution in [2.75, 3.05) is 21.2 Å². The molecule has 0 aromatic rings. The summed E-state index contributed by atoms with van der Waals surface area (Å²) in [5.41, 5.74) is -1.49. The molecule has 0 spiro atoms. The summed E-state index contributed by atoms with van der Waals surface area (Å²) in [6, 6.07) is -0.779. The molecule has 0 aromatic carbocycles. The first-order valence-corrected chi connectivity index (χ1v) is 20.6. The topological polar surface area (TPSA) is 206 Å². The number of aldehydes is 1. The van der Waals surface area contributed by atoms with Crippen LogP contribution in [0.5, 0.6) is 0 Å². The fraction of sp³-hybridized carbons (Fsp3) is 0.810. The molecule has 2 fully saturated rings. The quantitative estimate of drug-likeness (QED) is 0.139. The molecule has 3 heterocycles. The number of likely N-dealkylation sites (N-methyl/N-ethyl adjacent to an activating group) is 1. The zero-order valence-corrected chi connectivity index (χ0v) is 35.9. The molecule has 0 saturated carbocycles. The highest BCUT2D eigenvalue weighted by molar-refractivity contribution is 5.72. The maximum Gasteiger partial charge on any atom is 0.309 e. The predicted octanol–water partition coefficient (Wildman–Crippen LogP) is 3.16. The molecule has 58 heavy (non-hydrogen) atoms. The Bertz CT molecular complexity index is 1370. The van der Waals surface area contributed by atoms with Gasteiger partial charge in [0, 0.05) is 39.2 Å². The zero-order valence-electron chi connectivity index (χ0n) is 35.9. The van der Waals surface area contributed by atoms with Gasteiger partial charge in [0.25, 0.3) is 0 Å². The Labute approximate surface area is 343 Å². The monoisotopic (exact) mass is 827 g/mol. The average Bonchev–Trinajstić information content (AvgIpc) is 3.13. The second-order valence-corrected chi connectivity index (χ2v) is 16.3. The van der Waals surface area contributed by atoms with Crippen molar-refractivity contribution in [1.29, 1.82) is 0 Å². The van der Waals surface area contributed by atoms with Crippen LogP contribution >= 0.6 is 0 Å². The van der Waals surface area contributed by atoms with E-state index < -0.39 is 121 Å². The third-order valence-corrected chi connectivity index (χ3v) is 11.1. The van der Waals surface area contributed by atoms with Gasteiger partial charge in [0.2, 0.25) is 0 Å². The standard InChI is InChI=1S/C42H69NO15/c1-11-16-32(47)56-40-27(6)53-34(23-42(40,7)50)57-37-26(5)54-41(36(49)35(37)43(8)9)58-38-28(19-20-44)21-24(3)29(45)18-15-13-14-17-25(4)52-33(48)22-30(39(38)51-10)55-31(46)12-2/h13-15,18,20,24-30,34-41,45,49-50H,11-12,16-17,19,21-23H2,1-10H3/b14-13-,18-15+/t24-,25-,26-,27+,28+,29+,30-,34+,35-,36-,37-,38+,39-,40+,41+,42-/m1/s1.